The minimum absolute atomic E-state index is 0.0191. The highest BCUT2D eigenvalue weighted by Crippen LogP contribution is 2.28. The van der Waals surface area contributed by atoms with Gasteiger partial charge in [0.15, 0.2) is 24.4 Å². The Balaban J connectivity index is 2.24. The molecule has 18 heteroatoms. The second kappa shape index (κ2) is 20.8. The molecule has 0 amide bonds. The fourth-order valence-electron chi connectivity index (χ4n) is 4.32. The number of carbonyl (C=O) groups is 8. The molecule has 2 rings (SSSR count). The molecule has 50 heavy (non-hydrogen) atoms. The molecule has 18 nitrogen and oxygen atoms in total. The van der Waals surface area contributed by atoms with Crippen molar-refractivity contribution in [3.8, 4) is 0 Å². The fraction of sp³-hybridized carbons (Fsp3) is 0.688. The molecular formula is C32H44O18. The minimum atomic E-state index is -1.67. The van der Waals surface area contributed by atoms with Crippen molar-refractivity contribution in [2.75, 3.05) is 13.2 Å². The summed E-state index contributed by atoms with van der Waals surface area (Å²) in [7, 11) is 0. The Hall–Kier alpha value is -4.58. The second-order valence-electron chi connectivity index (χ2n) is 10.6. The van der Waals surface area contributed by atoms with Crippen molar-refractivity contribution in [2.24, 2.45) is 0 Å². The molecule has 2 heterocycles. The van der Waals surface area contributed by atoms with Crippen LogP contribution in [-0.2, 0) is 85.7 Å². The zero-order valence-electron chi connectivity index (χ0n) is 28.8. The van der Waals surface area contributed by atoms with Crippen LogP contribution >= 0.6 is 0 Å². The average molecular weight is 717 g/mol. The summed E-state index contributed by atoms with van der Waals surface area (Å²) >= 11 is 0. The summed E-state index contributed by atoms with van der Waals surface area (Å²) in [5, 5.41) is 0. The van der Waals surface area contributed by atoms with E-state index >= 15 is 0 Å². The molecule has 2 saturated heterocycles. The van der Waals surface area contributed by atoms with E-state index in [0.29, 0.717) is 12.2 Å². The van der Waals surface area contributed by atoms with Crippen LogP contribution in [0.1, 0.15) is 80.1 Å². The number of esters is 8. The standard InChI is InChI=1S/C32H44O18/c1-7-19(33)43-17-15-41-31(29(47-23(37)11-5)27(17)45-21(35)9-3)49-25(39)13-14-26(40)50-32-30(48-24(38)12-6)28(46-22(36)10-4)18(16-42-32)44-20(34)8-2/h13-14,17-18,27-32H,7-12,15-16H2,1-6H3/b14-13+/t17-,18-,27+,28+,29-,30-,31+,32+/m1/s1. The summed E-state index contributed by atoms with van der Waals surface area (Å²) in [6.07, 6.45) is -10.8. The van der Waals surface area contributed by atoms with Gasteiger partial charge in [0.25, 0.3) is 0 Å². The van der Waals surface area contributed by atoms with Gasteiger partial charge in [-0.15, -0.1) is 0 Å². The lowest BCUT2D eigenvalue weighted by atomic mass is 10.0. The minimum Gasteiger partial charge on any atom is -0.456 e. The van der Waals surface area contributed by atoms with Gasteiger partial charge < -0.3 is 47.4 Å². The molecule has 0 radical (unpaired) electrons. The quantitative estimate of drug-likeness (QED) is 0.124. The van der Waals surface area contributed by atoms with Gasteiger partial charge in [-0.1, -0.05) is 41.5 Å². The van der Waals surface area contributed by atoms with Gasteiger partial charge in [0.1, 0.15) is 0 Å². The second-order valence-corrected chi connectivity index (χ2v) is 10.6. The van der Waals surface area contributed by atoms with Crippen LogP contribution in [0.15, 0.2) is 12.2 Å². The van der Waals surface area contributed by atoms with Crippen molar-refractivity contribution in [2.45, 2.75) is 129 Å². The molecule has 0 N–H and O–H groups in total. The molecule has 0 aliphatic carbocycles. The predicted molar refractivity (Wildman–Crippen MR) is 162 cm³/mol. The molecule has 0 aromatic carbocycles. The molecule has 2 aliphatic heterocycles. The van der Waals surface area contributed by atoms with E-state index in [9.17, 15) is 38.4 Å². The topological polar surface area (TPSA) is 229 Å². The van der Waals surface area contributed by atoms with Gasteiger partial charge >= 0.3 is 47.8 Å². The number of carbonyl (C=O) groups excluding carboxylic acids is 8. The van der Waals surface area contributed by atoms with E-state index in [1.807, 2.05) is 0 Å². The molecule has 2 fully saturated rings. The molecule has 0 saturated carbocycles. The van der Waals surface area contributed by atoms with Crippen LogP contribution in [0.5, 0.6) is 0 Å². The number of hydrogen-bond acceptors (Lipinski definition) is 18. The Labute approximate surface area is 288 Å². The van der Waals surface area contributed by atoms with Gasteiger partial charge in [-0.2, -0.15) is 0 Å². The van der Waals surface area contributed by atoms with Gasteiger partial charge in [0, 0.05) is 50.7 Å². The van der Waals surface area contributed by atoms with Crippen LogP contribution in [-0.4, -0.2) is 110 Å². The summed E-state index contributed by atoms with van der Waals surface area (Å²) in [5.74, 6) is -6.73. The van der Waals surface area contributed by atoms with E-state index in [4.69, 9.17) is 47.4 Å². The Bertz CT molecular complexity index is 1170. The van der Waals surface area contributed by atoms with Gasteiger partial charge in [0.05, 0.1) is 13.2 Å². The van der Waals surface area contributed by atoms with Crippen LogP contribution < -0.4 is 0 Å². The monoisotopic (exact) mass is 716 g/mol. The van der Waals surface area contributed by atoms with Gasteiger partial charge in [-0.3, -0.25) is 28.8 Å². The SMILES string of the molecule is CCC(=O)O[C@@H]1[C@@H](OC(=O)CC)[C@H](OC(=O)/C=C/C(=O)O[C@@H]2OC[C@@H](OC(=O)CC)[C@H](OC(=O)CC)[C@H]2OC(=O)CC)OC[C@H]1OC(=O)CC. The Morgan fingerprint density at radius 1 is 0.420 bits per heavy atom. The highest BCUT2D eigenvalue weighted by atomic mass is 16.7. The van der Waals surface area contributed by atoms with Crippen LogP contribution in [0.25, 0.3) is 0 Å². The lowest BCUT2D eigenvalue weighted by Gasteiger charge is -2.40. The first kappa shape index (κ1) is 41.6. The summed E-state index contributed by atoms with van der Waals surface area (Å²) in [4.78, 5) is 98.6. The summed E-state index contributed by atoms with van der Waals surface area (Å²) < 4.78 is 53.7. The molecule has 0 aromatic heterocycles. The van der Waals surface area contributed by atoms with E-state index < -0.39 is 110 Å². The Morgan fingerprint density at radius 2 is 0.680 bits per heavy atom. The smallest absolute Gasteiger partial charge is 0.333 e. The predicted octanol–water partition coefficient (Wildman–Crippen LogP) is 1.27. The van der Waals surface area contributed by atoms with E-state index in [1.165, 1.54) is 41.5 Å². The summed E-state index contributed by atoms with van der Waals surface area (Å²) in [6.45, 7) is 8.24. The third-order valence-electron chi connectivity index (χ3n) is 6.95. The highest BCUT2D eigenvalue weighted by Gasteiger charge is 2.50. The maximum Gasteiger partial charge on any atom is 0.333 e. The van der Waals surface area contributed by atoms with Crippen LogP contribution in [0.4, 0.5) is 0 Å². The number of ether oxygens (including phenoxy) is 10. The third-order valence-corrected chi connectivity index (χ3v) is 6.95. The third kappa shape index (κ3) is 12.7. The zero-order valence-corrected chi connectivity index (χ0v) is 28.8. The first-order valence-corrected chi connectivity index (χ1v) is 16.3. The van der Waals surface area contributed by atoms with Crippen molar-refractivity contribution in [1.82, 2.24) is 0 Å². The van der Waals surface area contributed by atoms with Crippen LogP contribution in [0.2, 0.25) is 0 Å². The first-order chi connectivity index (χ1) is 23.8. The summed E-state index contributed by atoms with van der Waals surface area (Å²) in [5.41, 5.74) is 0. The van der Waals surface area contributed by atoms with Crippen molar-refractivity contribution in [1.29, 1.82) is 0 Å². The highest BCUT2D eigenvalue weighted by molar-refractivity contribution is 5.91. The lowest BCUT2D eigenvalue weighted by Crippen LogP contribution is -2.58. The van der Waals surface area contributed by atoms with E-state index in [1.54, 1.807) is 0 Å². The lowest BCUT2D eigenvalue weighted by molar-refractivity contribution is -0.274. The van der Waals surface area contributed by atoms with Crippen LogP contribution in [0, 0.1) is 0 Å². The molecule has 0 unspecified atom stereocenters. The molecular weight excluding hydrogens is 672 g/mol. The molecule has 0 spiro atoms. The van der Waals surface area contributed by atoms with E-state index in [0.717, 1.165) is 0 Å². The van der Waals surface area contributed by atoms with Crippen molar-refractivity contribution in [3.05, 3.63) is 12.2 Å². The van der Waals surface area contributed by atoms with Crippen LogP contribution in [0.3, 0.4) is 0 Å². The maximum absolute atomic E-state index is 12.8. The van der Waals surface area contributed by atoms with Crippen molar-refractivity contribution < 1.29 is 85.7 Å². The molecule has 2 aliphatic rings. The van der Waals surface area contributed by atoms with Crippen molar-refractivity contribution >= 4 is 47.8 Å². The van der Waals surface area contributed by atoms with E-state index in [2.05, 4.69) is 0 Å². The number of hydrogen-bond donors (Lipinski definition) is 0. The number of rotatable bonds is 16. The molecule has 0 aromatic rings. The van der Waals surface area contributed by atoms with Gasteiger partial charge in [-0.05, 0) is 0 Å². The fourth-order valence-corrected chi connectivity index (χ4v) is 4.32. The van der Waals surface area contributed by atoms with Crippen molar-refractivity contribution in [3.63, 3.8) is 0 Å². The Kier molecular flexibility index (Phi) is 17.3. The van der Waals surface area contributed by atoms with E-state index in [-0.39, 0.29) is 38.5 Å². The van der Waals surface area contributed by atoms with Gasteiger partial charge in [0.2, 0.25) is 24.8 Å². The summed E-state index contributed by atoms with van der Waals surface area (Å²) in [6, 6.07) is 0. The van der Waals surface area contributed by atoms with Gasteiger partial charge in [-0.25, -0.2) is 9.59 Å². The molecule has 8 atom stereocenters. The largest absolute Gasteiger partial charge is 0.456 e. The maximum atomic E-state index is 12.8. The molecule has 280 valence electrons. The molecule has 0 bridgehead atoms. The average Bonchev–Trinajstić information content (AvgIpc) is 3.11. The zero-order chi connectivity index (χ0) is 37.4. The first-order valence-electron chi connectivity index (χ1n) is 16.3. The normalized spacial score (nSPS) is 26.1. The Morgan fingerprint density at radius 3 is 0.960 bits per heavy atom.